The van der Waals surface area contributed by atoms with Gasteiger partial charge in [0.1, 0.15) is 11.4 Å². The highest BCUT2D eigenvalue weighted by molar-refractivity contribution is 7.89. The number of aryl methyl sites for hydroxylation is 1. The molecule has 0 atom stereocenters. The summed E-state index contributed by atoms with van der Waals surface area (Å²) in [5, 5.41) is 19.1. The average molecular weight is 548 g/mol. The van der Waals surface area contributed by atoms with E-state index in [4.69, 9.17) is 10.9 Å². The normalized spacial score (nSPS) is 12.4. The fourth-order valence-electron chi connectivity index (χ4n) is 3.90. The molecule has 0 bridgehead atoms. The molecule has 0 fully saturated rings. The van der Waals surface area contributed by atoms with Crippen molar-refractivity contribution in [2.45, 2.75) is 38.1 Å². The predicted molar refractivity (Wildman–Crippen MR) is 149 cm³/mol. The zero-order chi connectivity index (χ0) is 28.4. The summed E-state index contributed by atoms with van der Waals surface area (Å²) < 4.78 is 30.1. The molecule has 11 nitrogen and oxygen atoms in total. The zero-order valence-corrected chi connectivity index (χ0v) is 22.7. The molecule has 0 radical (unpaired) electrons. The second kappa shape index (κ2) is 10.7. The number of amidine groups is 1. The minimum absolute atomic E-state index is 0.165. The van der Waals surface area contributed by atoms with Crippen LogP contribution >= 0.6 is 0 Å². The standard InChI is InChI=1S/C27H29N7O4S/c1-17-16-22(34(31-17)24-11-7-9-21(30-24)25(28)32-36)26(35)29-19-14-12-18(13-15-19)20-8-5-6-10-23(20)39(37,38)33-27(2,3)4/h5-16,33,36H,1-4H3,(H2,28,32)(H,29,35). The van der Waals surface area contributed by atoms with E-state index in [0.717, 1.165) is 0 Å². The molecule has 0 saturated heterocycles. The number of nitrogens with one attached hydrogen (secondary N) is 2. The maximum Gasteiger partial charge on any atom is 0.274 e. The molecule has 2 heterocycles. The average Bonchev–Trinajstić information content (AvgIpc) is 3.29. The largest absolute Gasteiger partial charge is 0.409 e. The first-order valence-corrected chi connectivity index (χ1v) is 13.4. The number of rotatable bonds is 7. The van der Waals surface area contributed by atoms with Crippen LogP contribution in [0.4, 0.5) is 5.69 Å². The van der Waals surface area contributed by atoms with Crippen molar-refractivity contribution in [3.05, 3.63) is 89.9 Å². The van der Waals surface area contributed by atoms with Crippen LogP contribution in [0.15, 0.2) is 82.8 Å². The number of anilines is 1. The number of benzene rings is 2. The topological polar surface area (TPSA) is 165 Å². The van der Waals surface area contributed by atoms with Gasteiger partial charge in [0, 0.05) is 16.8 Å². The lowest BCUT2D eigenvalue weighted by molar-refractivity contribution is 0.101. The predicted octanol–water partition coefficient (Wildman–Crippen LogP) is 3.67. The number of amides is 1. The third-order valence-electron chi connectivity index (χ3n) is 5.46. The van der Waals surface area contributed by atoms with Gasteiger partial charge in [-0.05, 0) is 69.7 Å². The van der Waals surface area contributed by atoms with Crippen molar-refractivity contribution in [2.75, 3.05) is 5.32 Å². The summed E-state index contributed by atoms with van der Waals surface area (Å²) in [6.45, 7) is 7.09. The van der Waals surface area contributed by atoms with Gasteiger partial charge < -0.3 is 16.3 Å². The lowest BCUT2D eigenvalue weighted by Gasteiger charge is -2.21. The minimum Gasteiger partial charge on any atom is -0.409 e. The SMILES string of the molecule is Cc1cc(C(=O)Nc2ccc(-c3ccccc3S(=O)(=O)NC(C)(C)C)cc2)n(-c2cccc(C(N)=NO)n2)n1. The zero-order valence-electron chi connectivity index (χ0n) is 21.9. The van der Waals surface area contributed by atoms with Crippen LogP contribution in [0.3, 0.4) is 0 Å². The van der Waals surface area contributed by atoms with E-state index in [2.05, 4.69) is 25.3 Å². The first-order valence-electron chi connectivity index (χ1n) is 11.9. The monoisotopic (exact) mass is 547 g/mol. The second-order valence-corrected chi connectivity index (χ2v) is 11.5. The van der Waals surface area contributed by atoms with Crippen LogP contribution in [0.5, 0.6) is 0 Å². The quantitative estimate of drug-likeness (QED) is 0.119. The van der Waals surface area contributed by atoms with Gasteiger partial charge in [0.15, 0.2) is 11.7 Å². The molecule has 0 spiro atoms. The summed E-state index contributed by atoms with van der Waals surface area (Å²) in [5.74, 6) is -0.290. The Morgan fingerprint density at radius 2 is 1.72 bits per heavy atom. The number of carbonyl (C=O) groups excluding carboxylic acids is 1. The Morgan fingerprint density at radius 1 is 1.03 bits per heavy atom. The van der Waals surface area contributed by atoms with Gasteiger partial charge in [0.05, 0.1) is 10.6 Å². The molecule has 1 amide bonds. The van der Waals surface area contributed by atoms with Crippen molar-refractivity contribution in [3.8, 4) is 16.9 Å². The maximum atomic E-state index is 13.2. The number of carbonyl (C=O) groups is 1. The van der Waals surface area contributed by atoms with Crippen LogP contribution in [0.1, 0.15) is 42.6 Å². The van der Waals surface area contributed by atoms with Gasteiger partial charge in [-0.1, -0.05) is 41.6 Å². The van der Waals surface area contributed by atoms with Crippen LogP contribution in [0.2, 0.25) is 0 Å². The van der Waals surface area contributed by atoms with Gasteiger partial charge in [-0.15, -0.1) is 0 Å². The Bertz CT molecular complexity index is 1650. The number of nitrogens with zero attached hydrogens (tertiary/aromatic N) is 4. The van der Waals surface area contributed by atoms with E-state index >= 15 is 0 Å². The smallest absolute Gasteiger partial charge is 0.274 e. The Hall–Kier alpha value is -4.55. The summed E-state index contributed by atoms with van der Waals surface area (Å²) in [7, 11) is -3.77. The summed E-state index contributed by atoms with van der Waals surface area (Å²) >= 11 is 0. The van der Waals surface area contributed by atoms with Crippen LogP contribution in [0, 0.1) is 6.92 Å². The molecule has 5 N–H and O–H groups in total. The van der Waals surface area contributed by atoms with Gasteiger partial charge >= 0.3 is 0 Å². The van der Waals surface area contributed by atoms with Gasteiger partial charge in [0.2, 0.25) is 10.0 Å². The number of nitrogens with two attached hydrogens (primary N) is 1. The van der Waals surface area contributed by atoms with Crippen LogP contribution in [-0.2, 0) is 10.0 Å². The molecule has 0 aliphatic heterocycles. The Kier molecular flexibility index (Phi) is 7.52. The molecular weight excluding hydrogens is 518 g/mol. The Labute approximate surface area is 226 Å². The fourth-order valence-corrected chi connectivity index (χ4v) is 5.55. The summed E-state index contributed by atoms with van der Waals surface area (Å²) in [6, 6.07) is 20.1. The summed E-state index contributed by atoms with van der Waals surface area (Å²) in [4.78, 5) is 17.7. The van der Waals surface area contributed by atoms with Gasteiger partial charge in [-0.3, -0.25) is 4.79 Å². The van der Waals surface area contributed by atoms with E-state index < -0.39 is 21.5 Å². The third kappa shape index (κ3) is 6.30. The number of hydrogen-bond acceptors (Lipinski definition) is 7. The molecular formula is C27H29N7O4S. The van der Waals surface area contributed by atoms with Crippen LogP contribution in [-0.4, -0.2) is 45.7 Å². The summed E-state index contributed by atoms with van der Waals surface area (Å²) in [5.41, 5.74) is 7.77. The van der Waals surface area contributed by atoms with E-state index in [1.807, 2.05) is 0 Å². The highest BCUT2D eigenvalue weighted by Gasteiger charge is 2.25. The Balaban J connectivity index is 1.60. The number of pyridine rings is 1. The summed E-state index contributed by atoms with van der Waals surface area (Å²) in [6.07, 6.45) is 0. The molecule has 2 aromatic carbocycles. The molecule has 4 rings (SSSR count). The molecule has 0 aliphatic carbocycles. The van der Waals surface area contributed by atoms with Crippen molar-refractivity contribution in [1.82, 2.24) is 19.5 Å². The minimum atomic E-state index is -3.77. The Morgan fingerprint density at radius 3 is 2.38 bits per heavy atom. The van der Waals surface area contributed by atoms with E-state index in [1.165, 1.54) is 4.68 Å². The number of oxime groups is 1. The van der Waals surface area contributed by atoms with Crippen LogP contribution < -0.4 is 15.8 Å². The van der Waals surface area contributed by atoms with Crippen molar-refractivity contribution >= 4 is 27.5 Å². The van der Waals surface area contributed by atoms with Crippen molar-refractivity contribution in [1.29, 1.82) is 0 Å². The molecule has 4 aromatic rings. The first kappa shape index (κ1) is 27.5. The lowest BCUT2D eigenvalue weighted by Crippen LogP contribution is -2.40. The van der Waals surface area contributed by atoms with E-state index in [0.29, 0.717) is 28.3 Å². The van der Waals surface area contributed by atoms with Gasteiger partial charge in [-0.25, -0.2) is 22.8 Å². The van der Waals surface area contributed by atoms with E-state index in [-0.39, 0.29) is 22.1 Å². The first-order chi connectivity index (χ1) is 18.4. The van der Waals surface area contributed by atoms with Crippen molar-refractivity contribution in [2.24, 2.45) is 10.9 Å². The molecule has 0 saturated carbocycles. The van der Waals surface area contributed by atoms with Crippen molar-refractivity contribution in [3.63, 3.8) is 0 Å². The van der Waals surface area contributed by atoms with E-state index in [9.17, 15) is 13.2 Å². The molecule has 0 aliphatic rings. The lowest BCUT2D eigenvalue weighted by atomic mass is 10.1. The van der Waals surface area contributed by atoms with Gasteiger partial charge in [0.25, 0.3) is 5.91 Å². The highest BCUT2D eigenvalue weighted by Crippen LogP contribution is 2.29. The molecule has 2 aromatic heterocycles. The van der Waals surface area contributed by atoms with Gasteiger partial charge in [-0.2, -0.15) is 5.10 Å². The van der Waals surface area contributed by atoms with Crippen LogP contribution in [0.25, 0.3) is 16.9 Å². The maximum absolute atomic E-state index is 13.2. The number of sulfonamides is 1. The fraction of sp³-hybridized carbons (Fsp3) is 0.185. The molecule has 12 heteroatoms. The molecule has 39 heavy (non-hydrogen) atoms. The van der Waals surface area contributed by atoms with Crippen molar-refractivity contribution < 1.29 is 18.4 Å². The number of aromatic nitrogens is 3. The number of hydrogen-bond donors (Lipinski definition) is 4. The highest BCUT2D eigenvalue weighted by atomic mass is 32.2. The molecule has 202 valence electrons. The third-order valence-corrected chi connectivity index (χ3v) is 7.27. The van der Waals surface area contributed by atoms with E-state index in [1.54, 1.807) is 100 Å². The second-order valence-electron chi connectivity index (χ2n) is 9.83. The molecule has 0 unspecified atom stereocenters.